The van der Waals surface area contributed by atoms with Gasteiger partial charge in [-0.15, -0.1) is 0 Å². The highest BCUT2D eigenvalue weighted by Gasteiger charge is 2.40. The topological polar surface area (TPSA) is 47.9 Å². The van der Waals surface area contributed by atoms with E-state index in [1.807, 2.05) is 12.1 Å². The van der Waals surface area contributed by atoms with E-state index < -0.39 is 5.41 Å². The normalized spacial score (nSPS) is 15.2. The van der Waals surface area contributed by atoms with Crippen molar-refractivity contribution in [3.63, 3.8) is 0 Å². The van der Waals surface area contributed by atoms with Gasteiger partial charge in [0.2, 0.25) is 0 Å². The fraction of sp³-hybridized carbons (Fsp3) is 0.375. The number of methoxy groups -OCH3 is 1. The standard InChI is InChI=1S/C48H58O4/c1-9-48(38-19-24-41(25-20-38)51-30-29-49,39-21-26-42(27-22-39)52-32-31-50-8)45-34-40(46(2,3)4)23-28-43(45)36-17-15-35(16-18-36)33-44(47(5,6)7)37-13-11-10-12-14-37/h10-22,24-27,33-34,49H,9,23,28-32H2,1-8H3. The van der Waals surface area contributed by atoms with E-state index in [2.05, 4.69) is 152 Å². The molecule has 274 valence electrons. The van der Waals surface area contributed by atoms with Crippen LogP contribution in [0.25, 0.3) is 17.2 Å². The zero-order valence-corrected chi connectivity index (χ0v) is 32.6. The Hall–Kier alpha value is -4.38. The van der Waals surface area contributed by atoms with Crippen LogP contribution in [0.1, 0.15) is 95.5 Å². The smallest absolute Gasteiger partial charge is 0.119 e. The summed E-state index contributed by atoms with van der Waals surface area (Å²) in [5.41, 5.74) is 11.2. The maximum Gasteiger partial charge on any atom is 0.119 e. The highest BCUT2D eigenvalue weighted by atomic mass is 16.5. The molecule has 4 aromatic rings. The molecule has 0 saturated heterocycles. The quantitative estimate of drug-likeness (QED) is 0.105. The van der Waals surface area contributed by atoms with Crippen molar-refractivity contribution in [3.05, 3.63) is 148 Å². The molecule has 0 fully saturated rings. The molecule has 1 aliphatic carbocycles. The number of benzene rings is 4. The van der Waals surface area contributed by atoms with Crippen molar-refractivity contribution in [2.24, 2.45) is 10.8 Å². The van der Waals surface area contributed by atoms with Crippen LogP contribution in [0.5, 0.6) is 11.5 Å². The van der Waals surface area contributed by atoms with Crippen LogP contribution in [-0.2, 0) is 10.2 Å². The average Bonchev–Trinajstić information content (AvgIpc) is 3.14. The summed E-state index contributed by atoms with van der Waals surface area (Å²) >= 11 is 0. The monoisotopic (exact) mass is 698 g/mol. The van der Waals surface area contributed by atoms with Gasteiger partial charge in [0.1, 0.15) is 24.7 Å². The Morgan fingerprint density at radius 1 is 0.692 bits per heavy atom. The Morgan fingerprint density at radius 3 is 1.77 bits per heavy atom. The molecule has 0 aromatic heterocycles. The fourth-order valence-corrected chi connectivity index (χ4v) is 7.45. The van der Waals surface area contributed by atoms with E-state index in [0.717, 1.165) is 30.8 Å². The molecule has 52 heavy (non-hydrogen) atoms. The van der Waals surface area contributed by atoms with Gasteiger partial charge < -0.3 is 19.3 Å². The van der Waals surface area contributed by atoms with Crippen molar-refractivity contribution in [2.45, 2.75) is 73.1 Å². The van der Waals surface area contributed by atoms with Crippen molar-refractivity contribution < 1.29 is 19.3 Å². The van der Waals surface area contributed by atoms with Crippen LogP contribution in [0, 0.1) is 10.8 Å². The number of allylic oxidation sites excluding steroid dienone is 5. The molecule has 0 heterocycles. The predicted molar refractivity (Wildman–Crippen MR) is 218 cm³/mol. The third-order valence-corrected chi connectivity index (χ3v) is 10.3. The Bertz CT molecular complexity index is 1830. The van der Waals surface area contributed by atoms with Crippen molar-refractivity contribution in [2.75, 3.05) is 33.5 Å². The summed E-state index contributed by atoms with van der Waals surface area (Å²) in [5, 5.41) is 9.38. The van der Waals surface area contributed by atoms with Gasteiger partial charge in [0.05, 0.1) is 13.2 Å². The van der Waals surface area contributed by atoms with E-state index in [4.69, 9.17) is 14.2 Å². The van der Waals surface area contributed by atoms with Crippen LogP contribution in [0.3, 0.4) is 0 Å². The zero-order valence-electron chi connectivity index (χ0n) is 32.6. The minimum atomic E-state index is -0.446. The molecule has 0 aliphatic heterocycles. The van der Waals surface area contributed by atoms with Gasteiger partial charge in [-0.2, -0.15) is 0 Å². The number of rotatable bonds is 14. The summed E-state index contributed by atoms with van der Waals surface area (Å²) in [6.07, 6.45) is 7.70. The van der Waals surface area contributed by atoms with E-state index >= 15 is 0 Å². The van der Waals surface area contributed by atoms with E-state index in [0.29, 0.717) is 13.2 Å². The number of ether oxygens (including phenoxy) is 3. The van der Waals surface area contributed by atoms with E-state index in [9.17, 15) is 5.11 Å². The van der Waals surface area contributed by atoms with Crippen LogP contribution in [-0.4, -0.2) is 38.6 Å². The Labute approximate surface area is 312 Å². The minimum absolute atomic E-state index is 0.00295. The molecule has 1 aliphatic rings. The highest BCUT2D eigenvalue weighted by Crippen LogP contribution is 2.51. The molecular formula is C48H58O4. The maximum absolute atomic E-state index is 9.38. The summed E-state index contributed by atoms with van der Waals surface area (Å²) in [6.45, 7) is 17.4. The summed E-state index contributed by atoms with van der Waals surface area (Å²) in [7, 11) is 1.69. The zero-order chi connectivity index (χ0) is 37.4. The van der Waals surface area contributed by atoms with E-state index in [1.54, 1.807) is 7.11 Å². The fourth-order valence-electron chi connectivity index (χ4n) is 7.45. The number of hydrogen-bond acceptors (Lipinski definition) is 4. The number of aliphatic hydroxyl groups is 1. The highest BCUT2D eigenvalue weighted by molar-refractivity contribution is 5.85. The molecule has 4 heteroatoms. The molecule has 4 aromatic carbocycles. The average molecular weight is 699 g/mol. The van der Waals surface area contributed by atoms with Gasteiger partial charge in [0.15, 0.2) is 0 Å². The van der Waals surface area contributed by atoms with Crippen LogP contribution < -0.4 is 9.47 Å². The first kappa shape index (κ1) is 38.8. The molecule has 0 amide bonds. The van der Waals surface area contributed by atoms with Gasteiger partial charge in [-0.3, -0.25) is 0 Å². The number of aliphatic hydroxyl groups excluding tert-OH is 1. The van der Waals surface area contributed by atoms with Crippen molar-refractivity contribution in [3.8, 4) is 11.5 Å². The minimum Gasteiger partial charge on any atom is -0.491 e. The largest absolute Gasteiger partial charge is 0.491 e. The van der Waals surface area contributed by atoms with Crippen LogP contribution >= 0.6 is 0 Å². The SMILES string of the molecule is CCC(C1=C(c2ccc(C=C(c3ccccc3)C(C)(C)C)cc2)CCC(C(C)(C)C)=C1)(c1ccc(OCCO)cc1)c1ccc(OCCOC)cc1. The lowest BCUT2D eigenvalue weighted by Crippen LogP contribution is -2.32. The van der Waals surface area contributed by atoms with Gasteiger partial charge in [-0.05, 0) is 98.9 Å². The number of hydrogen-bond donors (Lipinski definition) is 1. The lowest BCUT2D eigenvalue weighted by molar-refractivity contribution is 0.146. The molecule has 1 unspecified atom stereocenters. The van der Waals surface area contributed by atoms with Gasteiger partial charge in [0, 0.05) is 12.5 Å². The first-order chi connectivity index (χ1) is 24.9. The summed E-state index contributed by atoms with van der Waals surface area (Å²) in [6, 6.07) is 37.1. The summed E-state index contributed by atoms with van der Waals surface area (Å²) < 4.78 is 17.0. The van der Waals surface area contributed by atoms with Crippen molar-refractivity contribution in [1.82, 2.24) is 0 Å². The summed E-state index contributed by atoms with van der Waals surface area (Å²) in [5.74, 6) is 1.58. The van der Waals surface area contributed by atoms with Crippen molar-refractivity contribution in [1.29, 1.82) is 0 Å². The summed E-state index contributed by atoms with van der Waals surface area (Å²) in [4.78, 5) is 0. The Kier molecular flexibility index (Phi) is 12.7. The van der Waals surface area contributed by atoms with Crippen LogP contribution in [0.4, 0.5) is 0 Å². The lowest BCUT2D eigenvalue weighted by Gasteiger charge is -2.41. The van der Waals surface area contributed by atoms with E-state index in [-0.39, 0.29) is 24.0 Å². The molecule has 1 N–H and O–H groups in total. The second kappa shape index (κ2) is 17.0. The van der Waals surface area contributed by atoms with E-state index in [1.165, 1.54) is 50.1 Å². The first-order valence-electron chi connectivity index (χ1n) is 18.8. The molecule has 4 nitrogen and oxygen atoms in total. The Balaban J connectivity index is 1.70. The maximum atomic E-state index is 9.38. The van der Waals surface area contributed by atoms with Gasteiger partial charge >= 0.3 is 0 Å². The molecule has 0 saturated carbocycles. The van der Waals surface area contributed by atoms with Crippen LogP contribution in [0.2, 0.25) is 0 Å². The predicted octanol–water partition coefficient (Wildman–Crippen LogP) is 11.6. The van der Waals surface area contributed by atoms with Crippen molar-refractivity contribution >= 4 is 17.2 Å². The van der Waals surface area contributed by atoms with Gasteiger partial charge in [-0.25, -0.2) is 0 Å². The van der Waals surface area contributed by atoms with Gasteiger partial charge in [0.25, 0.3) is 0 Å². The molecular weight excluding hydrogens is 641 g/mol. The molecule has 1 atom stereocenters. The third-order valence-electron chi connectivity index (χ3n) is 10.3. The second-order valence-electron chi connectivity index (χ2n) is 15.8. The molecule has 5 rings (SSSR count). The first-order valence-corrected chi connectivity index (χ1v) is 18.8. The molecule has 0 bridgehead atoms. The third kappa shape index (κ3) is 8.97. The molecule has 0 radical (unpaired) electrons. The lowest BCUT2D eigenvalue weighted by atomic mass is 9.62. The van der Waals surface area contributed by atoms with Gasteiger partial charge in [-0.1, -0.05) is 145 Å². The Morgan fingerprint density at radius 2 is 1.27 bits per heavy atom. The molecule has 0 spiro atoms. The van der Waals surface area contributed by atoms with Crippen LogP contribution in [0.15, 0.2) is 120 Å². The second-order valence-corrected chi connectivity index (χ2v) is 15.8.